The number of allylic oxidation sites excluding steroid dienone is 1. The molecule has 0 saturated carbocycles. The third kappa shape index (κ3) is 4.74. The molecule has 0 atom stereocenters. The van der Waals surface area contributed by atoms with E-state index >= 15 is 0 Å². The van der Waals surface area contributed by atoms with Crippen LogP contribution in [0.15, 0.2) is 58.8 Å². The van der Waals surface area contributed by atoms with Gasteiger partial charge in [0.2, 0.25) is 11.8 Å². The highest BCUT2D eigenvalue weighted by atomic mass is 127. The number of aryl methyl sites for hydroxylation is 1. The summed E-state index contributed by atoms with van der Waals surface area (Å²) >= 11 is -1.23. The zero-order valence-electron chi connectivity index (χ0n) is 19.3. The van der Waals surface area contributed by atoms with E-state index in [1.54, 1.807) is 0 Å². The predicted molar refractivity (Wildman–Crippen MR) is 143 cm³/mol. The molecule has 12 heteroatoms. The summed E-state index contributed by atoms with van der Waals surface area (Å²) in [6, 6.07) is 7.74. The first-order valence-electron chi connectivity index (χ1n) is 11.1. The number of benzene rings is 1. The number of H-pyrrole nitrogens is 1. The number of guanidine groups is 1. The molecular weight excluding hydrogens is 586 g/mol. The lowest BCUT2D eigenvalue weighted by atomic mass is 10.1. The van der Waals surface area contributed by atoms with Crippen LogP contribution in [0.4, 0.5) is 13.2 Å². The number of aliphatic imine (C=N–C) groups is 2. The Bertz CT molecular complexity index is 1460. The molecule has 0 radical (unpaired) electrons. The van der Waals surface area contributed by atoms with E-state index in [0.717, 1.165) is 24.8 Å². The summed E-state index contributed by atoms with van der Waals surface area (Å²) in [5, 5.41) is 0.955. The summed E-state index contributed by atoms with van der Waals surface area (Å²) in [5.41, 5.74) is 8.17. The molecule has 0 amide bonds. The van der Waals surface area contributed by atoms with Gasteiger partial charge in [-0.3, -0.25) is 4.57 Å². The first-order valence-corrected chi connectivity index (χ1v) is 13.3. The maximum Gasteiger partial charge on any atom is 0.450 e. The summed E-state index contributed by atoms with van der Waals surface area (Å²) in [6.07, 6.45) is 0.113. The fourth-order valence-corrected chi connectivity index (χ4v) is 6.61. The number of rotatable bonds is 4. The Labute approximate surface area is 214 Å². The lowest BCUT2D eigenvalue weighted by molar-refractivity contribution is -0.145. The number of alkyl halides is 3. The van der Waals surface area contributed by atoms with Crippen molar-refractivity contribution in [2.75, 3.05) is 26.3 Å². The van der Waals surface area contributed by atoms with Crippen molar-refractivity contribution in [3.63, 3.8) is 0 Å². The molecule has 4 heterocycles. The summed E-state index contributed by atoms with van der Waals surface area (Å²) in [7, 11) is 0. The second kappa shape index (κ2) is 9.65. The van der Waals surface area contributed by atoms with Gasteiger partial charge in [-0.2, -0.15) is 18.2 Å². The van der Waals surface area contributed by atoms with Crippen molar-refractivity contribution >= 4 is 51.1 Å². The van der Waals surface area contributed by atoms with Gasteiger partial charge in [0, 0.05) is 41.4 Å². The first kappa shape index (κ1) is 24.4. The minimum atomic E-state index is -4.68. The van der Waals surface area contributed by atoms with E-state index in [1.807, 2.05) is 35.4 Å². The van der Waals surface area contributed by atoms with Crippen molar-refractivity contribution in [3.8, 4) is 0 Å². The Hall–Kier alpha value is -3.26. The number of morpholine rings is 1. The van der Waals surface area contributed by atoms with Gasteiger partial charge < -0.3 is 20.4 Å². The molecule has 2 aliphatic heterocycles. The standard InChI is InChI=1S/C24H23F3IN7O/c1-14(29)6-7-19-15(2)31-21(24(25,26)27)35(19)22-28-20(17-4-3-5-18-16(17)8-9-30-18)32-23(33-22)34-10-12-36-13-11-34/h3-9,30H,1,10-13,29H2,2H3/b7-6-. The molecule has 0 spiro atoms. The monoisotopic (exact) mass is 609 g/mol. The van der Waals surface area contributed by atoms with Crippen molar-refractivity contribution in [2.45, 2.75) is 13.1 Å². The van der Waals surface area contributed by atoms with E-state index in [-0.39, 0.29) is 20.8 Å². The molecule has 0 unspecified atom stereocenters. The van der Waals surface area contributed by atoms with Gasteiger partial charge in [0.1, 0.15) is 3.72 Å². The van der Waals surface area contributed by atoms with Gasteiger partial charge in [0.15, 0.2) is 3.76 Å². The van der Waals surface area contributed by atoms with E-state index in [4.69, 9.17) is 15.5 Å². The van der Waals surface area contributed by atoms with E-state index in [2.05, 4.69) is 21.5 Å². The third-order valence-electron chi connectivity index (χ3n) is 5.67. The fourth-order valence-electron chi connectivity index (χ4n) is 3.99. The van der Waals surface area contributed by atoms with Crippen LogP contribution in [-0.2, 0) is 10.9 Å². The highest BCUT2D eigenvalue weighted by Gasteiger charge is 2.40. The van der Waals surface area contributed by atoms with Crippen molar-refractivity contribution in [1.29, 1.82) is 0 Å². The van der Waals surface area contributed by atoms with Crippen molar-refractivity contribution < 1.29 is 17.9 Å². The number of nitrogens with zero attached hydrogens (tertiary/aromatic N) is 5. The Balaban J connectivity index is 1.74. The molecular formula is C24H23F3IN7O. The molecule has 0 aliphatic carbocycles. The highest BCUT2D eigenvalue weighted by molar-refractivity contribution is 14.2. The number of imidazole rings is 1. The number of nitrogens with two attached hydrogens (primary N) is 1. The van der Waals surface area contributed by atoms with Gasteiger partial charge in [-0.15, -0.1) is 0 Å². The fraction of sp³-hybridized carbons (Fsp3) is 0.250. The number of aromatic nitrogens is 3. The molecule has 0 bridgehead atoms. The van der Waals surface area contributed by atoms with Crippen LogP contribution in [-0.4, -0.2) is 59.2 Å². The third-order valence-corrected chi connectivity index (χ3v) is 8.21. The molecule has 188 valence electrons. The average molecular weight is 609 g/mol. The van der Waals surface area contributed by atoms with Crippen LogP contribution >= 0.6 is 20.7 Å². The number of hydrogen-bond acceptors (Lipinski definition) is 6. The predicted octanol–water partition coefficient (Wildman–Crippen LogP) is 4.23. The van der Waals surface area contributed by atoms with Gasteiger partial charge in [-0.25, -0.2) is 9.98 Å². The molecule has 2 aliphatic rings. The maximum absolute atomic E-state index is 14.2. The highest BCUT2D eigenvalue weighted by Crippen LogP contribution is 2.34. The van der Waals surface area contributed by atoms with E-state index in [9.17, 15) is 13.2 Å². The summed E-state index contributed by atoms with van der Waals surface area (Å²) in [6.45, 7) is 7.23. The van der Waals surface area contributed by atoms with E-state index < -0.39 is 32.7 Å². The van der Waals surface area contributed by atoms with Gasteiger partial charge >= 0.3 is 6.18 Å². The lowest BCUT2D eigenvalue weighted by Crippen LogP contribution is -2.41. The minimum Gasteiger partial charge on any atom is -0.399 e. The lowest BCUT2D eigenvalue weighted by Gasteiger charge is -2.29. The number of nitrogens with one attached hydrogen (secondary N) is 1. The Kier molecular flexibility index (Phi) is 6.55. The SMILES string of the molecule is C=C(N)/C=C\c1c(C)nc(C(F)(F)F)n1C1=IC(c2cccc3[nH]ccc23)=NC(N2CCOCC2)=N1. The maximum atomic E-state index is 14.2. The number of hydrogen-bond donors (Lipinski definition) is 2. The minimum absolute atomic E-state index is 0.219. The number of halogens is 4. The zero-order chi connectivity index (χ0) is 25.4. The summed E-state index contributed by atoms with van der Waals surface area (Å²) in [4.78, 5) is 18.6. The number of fused-ring (bicyclic) bond motifs is 1. The average Bonchev–Trinajstić information content (AvgIpc) is 3.47. The topological polar surface area (TPSA) is 96.8 Å². The van der Waals surface area contributed by atoms with Gasteiger partial charge in [0.05, 0.1) is 24.6 Å². The molecule has 3 aromatic rings. The van der Waals surface area contributed by atoms with Crippen LogP contribution < -0.4 is 5.73 Å². The smallest absolute Gasteiger partial charge is 0.399 e. The quantitative estimate of drug-likeness (QED) is 0.342. The van der Waals surface area contributed by atoms with Crippen LogP contribution in [0.3, 0.4) is 0 Å². The van der Waals surface area contributed by atoms with Crippen molar-refractivity contribution in [3.05, 3.63) is 71.6 Å². The van der Waals surface area contributed by atoms with Gasteiger partial charge in [0.25, 0.3) is 0 Å². The van der Waals surface area contributed by atoms with Crippen LogP contribution in [0.2, 0.25) is 0 Å². The van der Waals surface area contributed by atoms with Crippen LogP contribution in [0.25, 0.3) is 17.0 Å². The van der Waals surface area contributed by atoms with Crippen molar-refractivity contribution in [2.24, 2.45) is 15.7 Å². The number of aromatic amines is 1. The van der Waals surface area contributed by atoms with Gasteiger partial charge in [-0.05, 0) is 51.9 Å². The molecule has 1 fully saturated rings. The summed E-state index contributed by atoms with van der Waals surface area (Å²) < 4.78 is 50.1. The molecule has 5 rings (SSSR count). The largest absolute Gasteiger partial charge is 0.450 e. The molecule has 1 aromatic carbocycles. The normalized spacial score (nSPS) is 17.1. The molecule has 3 N–H and O–H groups in total. The van der Waals surface area contributed by atoms with Crippen LogP contribution in [0.5, 0.6) is 0 Å². The van der Waals surface area contributed by atoms with E-state index in [0.29, 0.717) is 32.3 Å². The number of ether oxygens (including phenoxy) is 1. The Morgan fingerprint density at radius 3 is 2.72 bits per heavy atom. The Morgan fingerprint density at radius 2 is 2.00 bits per heavy atom. The second-order valence-corrected chi connectivity index (χ2v) is 10.7. The second-order valence-electron chi connectivity index (χ2n) is 8.17. The van der Waals surface area contributed by atoms with Crippen molar-refractivity contribution in [1.82, 2.24) is 19.4 Å². The Morgan fingerprint density at radius 1 is 1.22 bits per heavy atom. The van der Waals surface area contributed by atoms with Gasteiger partial charge in [-0.1, -0.05) is 18.7 Å². The molecule has 8 nitrogen and oxygen atoms in total. The first-order chi connectivity index (χ1) is 17.2. The molecule has 36 heavy (non-hydrogen) atoms. The van der Waals surface area contributed by atoms with Crippen LogP contribution in [0, 0.1) is 6.92 Å². The van der Waals surface area contributed by atoms with Crippen LogP contribution in [0.1, 0.15) is 22.8 Å². The molecule has 1 saturated heterocycles. The zero-order valence-corrected chi connectivity index (χ0v) is 21.5. The molecule has 2 aromatic heterocycles. The van der Waals surface area contributed by atoms with E-state index in [1.165, 1.54) is 19.1 Å². The summed E-state index contributed by atoms with van der Waals surface area (Å²) in [5.74, 6) is -0.650.